The van der Waals surface area contributed by atoms with Crippen LogP contribution in [-0.2, 0) is 6.54 Å². The minimum Gasteiger partial charge on any atom is -0.467 e. The third kappa shape index (κ3) is 3.08. The van der Waals surface area contributed by atoms with E-state index in [0.29, 0.717) is 12.1 Å². The summed E-state index contributed by atoms with van der Waals surface area (Å²) in [5.74, 6) is 1.79. The average Bonchev–Trinajstić information content (AvgIpc) is 3.05. The van der Waals surface area contributed by atoms with Gasteiger partial charge >= 0.3 is 0 Å². The largest absolute Gasteiger partial charge is 0.467 e. The van der Waals surface area contributed by atoms with E-state index >= 15 is 0 Å². The summed E-state index contributed by atoms with van der Waals surface area (Å²) in [4.78, 5) is 15.8. The van der Waals surface area contributed by atoms with E-state index < -0.39 is 0 Å². The Labute approximate surface area is 128 Å². The summed E-state index contributed by atoms with van der Waals surface area (Å²) in [6.45, 7) is 4.55. The van der Waals surface area contributed by atoms with E-state index in [4.69, 9.17) is 4.42 Å². The Morgan fingerprint density at radius 3 is 3.10 bits per heavy atom. The lowest BCUT2D eigenvalue weighted by Gasteiger charge is -2.30. The second kappa shape index (κ2) is 6.26. The maximum Gasteiger partial charge on any atom is 0.251 e. The highest BCUT2D eigenvalue weighted by atomic mass is 32.2. The SMILES string of the molecule is CCN1CCSc2ccc(C(=O)NCc3ccco3)cc21. The van der Waals surface area contributed by atoms with Crippen molar-refractivity contribution in [3.05, 3.63) is 47.9 Å². The summed E-state index contributed by atoms with van der Waals surface area (Å²) < 4.78 is 5.22. The first-order valence-electron chi connectivity index (χ1n) is 7.10. The van der Waals surface area contributed by atoms with Crippen molar-refractivity contribution in [2.24, 2.45) is 0 Å². The molecule has 0 spiro atoms. The first-order chi connectivity index (χ1) is 10.3. The number of thioether (sulfide) groups is 1. The van der Waals surface area contributed by atoms with Gasteiger partial charge in [-0.05, 0) is 37.3 Å². The van der Waals surface area contributed by atoms with Crippen LogP contribution in [0.2, 0.25) is 0 Å². The van der Waals surface area contributed by atoms with Crippen LogP contribution < -0.4 is 10.2 Å². The van der Waals surface area contributed by atoms with E-state index in [1.807, 2.05) is 42.1 Å². The second-order valence-corrected chi connectivity index (χ2v) is 6.01. The molecule has 0 atom stereocenters. The molecule has 0 saturated heterocycles. The molecule has 1 aliphatic rings. The number of benzene rings is 1. The molecule has 0 bridgehead atoms. The minimum atomic E-state index is -0.0687. The van der Waals surface area contributed by atoms with Crippen molar-refractivity contribution >= 4 is 23.4 Å². The van der Waals surface area contributed by atoms with Crippen molar-refractivity contribution in [1.82, 2.24) is 5.32 Å². The van der Waals surface area contributed by atoms with Crippen LogP contribution in [0.15, 0.2) is 45.9 Å². The Kier molecular flexibility index (Phi) is 4.20. The fourth-order valence-corrected chi connectivity index (χ4v) is 3.46. The van der Waals surface area contributed by atoms with Gasteiger partial charge in [0, 0.05) is 29.3 Å². The molecule has 110 valence electrons. The molecule has 2 aromatic rings. The maximum atomic E-state index is 12.2. The summed E-state index contributed by atoms with van der Waals surface area (Å²) in [5, 5.41) is 2.88. The zero-order valence-electron chi connectivity index (χ0n) is 12.0. The Hall–Kier alpha value is -1.88. The van der Waals surface area contributed by atoms with E-state index in [-0.39, 0.29) is 5.91 Å². The lowest BCUT2D eigenvalue weighted by atomic mass is 10.1. The van der Waals surface area contributed by atoms with Gasteiger partial charge in [0.05, 0.1) is 18.5 Å². The van der Waals surface area contributed by atoms with E-state index in [2.05, 4.69) is 17.1 Å². The standard InChI is InChI=1S/C16H18N2O2S/c1-2-18-7-9-21-15-6-5-12(10-14(15)18)16(19)17-11-13-4-3-8-20-13/h3-6,8,10H,2,7,9,11H2,1H3,(H,17,19). The summed E-state index contributed by atoms with van der Waals surface area (Å²) >= 11 is 1.85. The van der Waals surface area contributed by atoms with Crippen molar-refractivity contribution in [2.45, 2.75) is 18.4 Å². The summed E-state index contributed by atoms with van der Waals surface area (Å²) in [6, 6.07) is 9.59. The molecule has 5 heteroatoms. The molecule has 0 unspecified atom stereocenters. The molecular formula is C16H18N2O2S. The van der Waals surface area contributed by atoms with Gasteiger partial charge < -0.3 is 14.6 Å². The Morgan fingerprint density at radius 1 is 1.43 bits per heavy atom. The van der Waals surface area contributed by atoms with Crippen LogP contribution >= 0.6 is 11.8 Å². The third-order valence-corrected chi connectivity index (χ3v) is 4.61. The first kappa shape index (κ1) is 14.1. The molecule has 0 radical (unpaired) electrons. The number of nitrogens with zero attached hydrogens (tertiary/aromatic N) is 1. The molecule has 21 heavy (non-hydrogen) atoms. The highest BCUT2D eigenvalue weighted by Crippen LogP contribution is 2.35. The molecule has 4 nitrogen and oxygen atoms in total. The normalized spacial score (nSPS) is 13.9. The van der Waals surface area contributed by atoms with Gasteiger partial charge in [-0.15, -0.1) is 11.8 Å². The van der Waals surface area contributed by atoms with Gasteiger partial charge in [0.1, 0.15) is 5.76 Å². The van der Waals surface area contributed by atoms with Gasteiger partial charge in [0.25, 0.3) is 5.91 Å². The van der Waals surface area contributed by atoms with Gasteiger partial charge in [-0.25, -0.2) is 0 Å². The lowest BCUT2D eigenvalue weighted by molar-refractivity contribution is 0.0948. The van der Waals surface area contributed by atoms with Crippen molar-refractivity contribution in [1.29, 1.82) is 0 Å². The lowest BCUT2D eigenvalue weighted by Crippen LogP contribution is -2.29. The van der Waals surface area contributed by atoms with Crippen molar-refractivity contribution in [3.63, 3.8) is 0 Å². The average molecular weight is 302 g/mol. The Morgan fingerprint density at radius 2 is 2.33 bits per heavy atom. The number of hydrogen-bond donors (Lipinski definition) is 1. The van der Waals surface area contributed by atoms with Crippen molar-refractivity contribution in [2.75, 3.05) is 23.7 Å². The van der Waals surface area contributed by atoms with Crippen LogP contribution in [0.1, 0.15) is 23.0 Å². The van der Waals surface area contributed by atoms with Crippen LogP contribution in [0.3, 0.4) is 0 Å². The summed E-state index contributed by atoms with van der Waals surface area (Å²) in [7, 11) is 0. The molecule has 0 fully saturated rings. The van der Waals surface area contributed by atoms with E-state index in [0.717, 1.165) is 24.6 Å². The number of anilines is 1. The number of nitrogens with one attached hydrogen (secondary N) is 1. The van der Waals surface area contributed by atoms with Crippen LogP contribution in [0.25, 0.3) is 0 Å². The van der Waals surface area contributed by atoms with Gasteiger partial charge in [-0.2, -0.15) is 0 Å². The summed E-state index contributed by atoms with van der Waals surface area (Å²) in [5.41, 5.74) is 1.86. The molecule has 1 aliphatic heterocycles. The Balaban J connectivity index is 1.74. The molecule has 1 amide bonds. The third-order valence-electron chi connectivity index (χ3n) is 3.57. The zero-order chi connectivity index (χ0) is 14.7. The monoisotopic (exact) mass is 302 g/mol. The smallest absolute Gasteiger partial charge is 0.251 e. The zero-order valence-corrected chi connectivity index (χ0v) is 12.8. The first-order valence-corrected chi connectivity index (χ1v) is 8.09. The molecule has 1 aromatic carbocycles. The minimum absolute atomic E-state index is 0.0687. The maximum absolute atomic E-state index is 12.2. The number of furan rings is 1. The van der Waals surface area contributed by atoms with E-state index in [1.165, 1.54) is 10.6 Å². The second-order valence-electron chi connectivity index (χ2n) is 4.87. The predicted octanol–water partition coefficient (Wildman–Crippen LogP) is 3.14. The number of carbonyl (C=O) groups excluding carboxylic acids is 1. The molecule has 1 aromatic heterocycles. The van der Waals surface area contributed by atoms with Gasteiger partial charge in [0.2, 0.25) is 0 Å². The van der Waals surface area contributed by atoms with Crippen molar-refractivity contribution < 1.29 is 9.21 Å². The highest BCUT2D eigenvalue weighted by Gasteiger charge is 2.18. The van der Waals surface area contributed by atoms with Gasteiger partial charge in [-0.1, -0.05) is 0 Å². The van der Waals surface area contributed by atoms with Crippen LogP contribution in [0.4, 0.5) is 5.69 Å². The van der Waals surface area contributed by atoms with E-state index in [9.17, 15) is 4.79 Å². The molecule has 0 saturated carbocycles. The van der Waals surface area contributed by atoms with Crippen LogP contribution in [-0.4, -0.2) is 24.7 Å². The number of fused-ring (bicyclic) bond motifs is 1. The molecular weight excluding hydrogens is 284 g/mol. The topological polar surface area (TPSA) is 45.5 Å². The number of hydrogen-bond acceptors (Lipinski definition) is 4. The quantitative estimate of drug-likeness (QED) is 0.942. The van der Waals surface area contributed by atoms with Crippen molar-refractivity contribution in [3.8, 4) is 0 Å². The van der Waals surface area contributed by atoms with Crippen LogP contribution in [0.5, 0.6) is 0 Å². The number of carbonyl (C=O) groups is 1. The molecule has 2 heterocycles. The molecule has 3 rings (SSSR count). The molecule has 0 aliphatic carbocycles. The predicted molar refractivity (Wildman–Crippen MR) is 84.9 cm³/mol. The highest BCUT2D eigenvalue weighted by molar-refractivity contribution is 7.99. The Bertz CT molecular complexity index is 625. The number of rotatable bonds is 4. The molecule has 1 N–H and O–H groups in total. The van der Waals surface area contributed by atoms with Gasteiger partial charge in [0.15, 0.2) is 0 Å². The van der Waals surface area contributed by atoms with Gasteiger partial charge in [-0.3, -0.25) is 4.79 Å². The fourth-order valence-electron chi connectivity index (χ4n) is 2.43. The summed E-state index contributed by atoms with van der Waals surface area (Å²) in [6.07, 6.45) is 1.61. The van der Waals surface area contributed by atoms with Crippen LogP contribution in [0, 0.1) is 0 Å². The fraction of sp³-hybridized carbons (Fsp3) is 0.312. The number of amides is 1. The van der Waals surface area contributed by atoms with E-state index in [1.54, 1.807) is 6.26 Å².